The second-order valence-corrected chi connectivity index (χ2v) is 7.51. The van der Waals surface area contributed by atoms with Crippen molar-refractivity contribution in [1.29, 1.82) is 0 Å². The van der Waals surface area contributed by atoms with Crippen molar-refractivity contribution in [2.75, 3.05) is 26.2 Å². The maximum Gasteiger partial charge on any atom is 0.410 e. The van der Waals surface area contributed by atoms with Crippen LogP contribution in [-0.2, 0) is 4.74 Å². The van der Waals surface area contributed by atoms with Gasteiger partial charge in [0.1, 0.15) is 5.60 Å². The highest BCUT2D eigenvalue weighted by Crippen LogP contribution is 2.24. The second-order valence-electron chi connectivity index (χ2n) is 7.51. The van der Waals surface area contributed by atoms with Crippen LogP contribution in [-0.4, -0.2) is 53.8 Å². The molecule has 1 amide bonds. The first-order valence-corrected chi connectivity index (χ1v) is 8.70. The average Bonchev–Trinajstić information content (AvgIpc) is 3.04. The monoisotopic (exact) mass is 332 g/mol. The Morgan fingerprint density at radius 2 is 1.75 bits per heavy atom. The fourth-order valence-electron chi connectivity index (χ4n) is 3.23. The third-order valence-electron chi connectivity index (χ3n) is 4.49. The zero-order valence-electron chi connectivity index (χ0n) is 14.8. The van der Waals surface area contributed by atoms with Gasteiger partial charge in [-0.3, -0.25) is 4.90 Å². The van der Waals surface area contributed by atoms with Crippen LogP contribution in [0.1, 0.15) is 38.8 Å². The summed E-state index contributed by atoms with van der Waals surface area (Å²) in [7, 11) is 0. The second kappa shape index (κ2) is 7.09. The van der Waals surface area contributed by atoms with E-state index < -0.39 is 5.60 Å². The van der Waals surface area contributed by atoms with E-state index in [1.165, 1.54) is 5.56 Å². The first kappa shape index (κ1) is 17.2. The Morgan fingerprint density at radius 3 is 2.38 bits per heavy atom. The van der Waals surface area contributed by atoms with Gasteiger partial charge in [0.05, 0.1) is 6.17 Å². The molecule has 2 N–H and O–H groups in total. The number of hydrogen-bond donors (Lipinski definition) is 2. The van der Waals surface area contributed by atoms with Gasteiger partial charge in [0, 0.05) is 32.2 Å². The minimum Gasteiger partial charge on any atom is -0.444 e. The first-order valence-electron chi connectivity index (χ1n) is 8.70. The number of hydrazine groups is 1. The van der Waals surface area contributed by atoms with Crippen LogP contribution in [0.2, 0.25) is 0 Å². The molecule has 2 unspecified atom stereocenters. The first-order chi connectivity index (χ1) is 11.4. The molecule has 2 heterocycles. The molecule has 6 nitrogen and oxygen atoms in total. The van der Waals surface area contributed by atoms with E-state index >= 15 is 0 Å². The zero-order valence-corrected chi connectivity index (χ0v) is 14.8. The van der Waals surface area contributed by atoms with E-state index in [2.05, 4.69) is 40.0 Å². The Hall–Kier alpha value is -1.63. The summed E-state index contributed by atoms with van der Waals surface area (Å²) in [5.74, 6) is 0. The number of nitrogens with one attached hydrogen (secondary N) is 2. The van der Waals surface area contributed by atoms with Crippen LogP contribution >= 0.6 is 0 Å². The minimum absolute atomic E-state index is 0.207. The number of carbonyl (C=O) groups is 1. The number of benzene rings is 1. The molecule has 0 radical (unpaired) electrons. The van der Waals surface area contributed by atoms with E-state index in [0.717, 1.165) is 19.5 Å². The minimum atomic E-state index is -0.436. The summed E-state index contributed by atoms with van der Waals surface area (Å²) in [5.41, 5.74) is 7.66. The molecule has 0 aromatic heterocycles. The van der Waals surface area contributed by atoms with E-state index in [0.29, 0.717) is 25.3 Å². The van der Waals surface area contributed by atoms with Crippen molar-refractivity contribution >= 4 is 6.09 Å². The molecule has 3 rings (SSSR count). The van der Waals surface area contributed by atoms with Gasteiger partial charge < -0.3 is 9.64 Å². The van der Waals surface area contributed by atoms with Gasteiger partial charge in [-0.25, -0.2) is 15.6 Å². The molecule has 6 heteroatoms. The summed E-state index contributed by atoms with van der Waals surface area (Å²) in [5, 5.41) is 0. The fourth-order valence-corrected chi connectivity index (χ4v) is 3.23. The normalized spacial score (nSPS) is 25.7. The van der Waals surface area contributed by atoms with Gasteiger partial charge in [-0.2, -0.15) is 0 Å². The molecule has 2 atom stereocenters. The van der Waals surface area contributed by atoms with Gasteiger partial charge >= 0.3 is 6.09 Å². The van der Waals surface area contributed by atoms with Gasteiger partial charge in [0.15, 0.2) is 0 Å². The third-order valence-corrected chi connectivity index (χ3v) is 4.49. The largest absolute Gasteiger partial charge is 0.444 e. The van der Waals surface area contributed by atoms with Crippen LogP contribution in [0.4, 0.5) is 4.79 Å². The lowest BCUT2D eigenvalue weighted by Gasteiger charge is -2.38. The average molecular weight is 332 g/mol. The fraction of sp³-hybridized carbons (Fsp3) is 0.611. The standard InChI is InChI=1S/C18H28N4O2/c1-18(2,3)24-17(23)22-11-9-21(10-12-22)16-13-15(19-20-16)14-7-5-4-6-8-14/h4-8,15-16,19-20H,9-13H2,1-3H3. The molecular formula is C18H28N4O2. The number of amides is 1. The molecule has 2 saturated heterocycles. The van der Waals surface area contributed by atoms with Crippen LogP contribution in [0.25, 0.3) is 0 Å². The van der Waals surface area contributed by atoms with Crippen LogP contribution in [0, 0.1) is 0 Å². The number of nitrogens with zero attached hydrogens (tertiary/aromatic N) is 2. The molecule has 1 aromatic carbocycles. The summed E-state index contributed by atoms with van der Waals surface area (Å²) in [4.78, 5) is 16.3. The predicted octanol–water partition coefficient (Wildman–Crippen LogP) is 2.10. The predicted molar refractivity (Wildman–Crippen MR) is 93.2 cm³/mol. The molecule has 0 spiro atoms. The van der Waals surface area contributed by atoms with E-state index in [1.807, 2.05) is 26.8 Å². The zero-order chi connectivity index (χ0) is 17.2. The lowest BCUT2D eigenvalue weighted by Crippen LogP contribution is -2.55. The molecular weight excluding hydrogens is 304 g/mol. The summed E-state index contributed by atoms with van der Waals surface area (Å²) in [6.45, 7) is 8.85. The van der Waals surface area contributed by atoms with Crippen molar-refractivity contribution < 1.29 is 9.53 Å². The number of ether oxygens (including phenoxy) is 1. The number of piperazine rings is 1. The number of rotatable bonds is 2. The highest BCUT2D eigenvalue weighted by Gasteiger charge is 2.33. The summed E-state index contributed by atoms with van der Waals surface area (Å²) in [6, 6.07) is 10.8. The van der Waals surface area contributed by atoms with Gasteiger partial charge in [0.2, 0.25) is 0 Å². The summed E-state index contributed by atoms with van der Waals surface area (Å²) >= 11 is 0. The van der Waals surface area contributed by atoms with Gasteiger partial charge in [-0.05, 0) is 32.8 Å². The van der Waals surface area contributed by atoms with Crippen molar-refractivity contribution in [3.63, 3.8) is 0 Å². The van der Waals surface area contributed by atoms with Gasteiger partial charge in [0.25, 0.3) is 0 Å². The van der Waals surface area contributed by atoms with Crippen LogP contribution in [0.15, 0.2) is 30.3 Å². The molecule has 0 bridgehead atoms. The maximum atomic E-state index is 12.1. The van der Waals surface area contributed by atoms with E-state index in [1.54, 1.807) is 4.90 Å². The topological polar surface area (TPSA) is 56.8 Å². The number of carbonyl (C=O) groups excluding carboxylic acids is 1. The Labute approximate surface area is 144 Å². The number of hydrogen-bond acceptors (Lipinski definition) is 5. The molecule has 2 fully saturated rings. The molecule has 132 valence electrons. The van der Waals surface area contributed by atoms with Crippen molar-refractivity contribution in [3.05, 3.63) is 35.9 Å². The van der Waals surface area contributed by atoms with Crippen molar-refractivity contribution in [3.8, 4) is 0 Å². The molecule has 0 aliphatic carbocycles. The van der Waals surface area contributed by atoms with Crippen molar-refractivity contribution in [1.82, 2.24) is 20.7 Å². The van der Waals surface area contributed by atoms with Crippen LogP contribution in [0.5, 0.6) is 0 Å². The molecule has 1 aromatic rings. The van der Waals surface area contributed by atoms with E-state index in [-0.39, 0.29) is 6.09 Å². The summed E-state index contributed by atoms with van der Waals surface area (Å²) in [6.07, 6.45) is 1.12. The highest BCUT2D eigenvalue weighted by atomic mass is 16.6. The van der Waals surface area contributed by atoms with E-state index in [4.69, 9.17) is 4.74 Å². The van der Waals surface area contributed by atoms with Crippen molar-refractivity contribution in [2.45, 2.75) is 45.0 Å². The van der Waals surface area contributed by atoms with Gasteiger partial charge in [-0.1, -0.05) is 30.3 Å². The molecule has 2 aliphatic heterocycles. The highest BCUT2D eigenvalue weighted by molar-refractivity contribution is 5.68. The van der Waals surface area contributed by atoms with Gasteiger partial charge in [-0.15, -0.1) is 0 Å². The van der Waals surface area contributed by atoms with E-state index in [9.17, 15) is 4.79 Å². The molecule has 2 aliphatic rings. The van der Waals surface area contributed by atoms with Crippen molar-refractivity contribution in [2.24, 2.45) is 0 Å². The smallest absolute Gasteiger partial charge is 0.410 e. The molecule has 0 saturated carbocycles. The quantitative estimate of drug-likeness (QED) is 0.869. The lowest BCUT2D eigenvalue weighted by atomic mass is 10.0. The Kier molecular flexibility index (Phi) is 5.08. The summed E-state index contributed by atoms with van der Waals surface area (Å²) < 4.78 is 5.45. The Morgan fingerprint density at radius 1 is 1.08 bits per heavy atom. The lowest BCUT2D eigenvalue weighted by molar-refractivity contribution is 0.00913. The maximum absolute atomic E-state index is 12.1. The molecule has 24 heavy (non-hydrogen) atoms. The Balaban J connectivity index is 1.48. The SMILES string of the molecule is CC(C)(C)OC(=O)N1CCN(C2CC(c3ccccc3)NN2)CC1. The van der Waals surface area contributed by atoms with Crippen LogP contribution in [0.3, 0.4) is 0 Å². The third kappa shape index (κ3) is 4.26. The Bertz CT molecular complexity index is 550. The van der Waals surface area contributed by atoms with Crippen LogP contribution < -0.4 is 10.9 Å².